The van der Waals surface area contributed by atoms with E-state index in [9.17, 15) is 7.85 Å². The second-order valence-corrected chi connectivity index (χ2v) is 20.8. The van der Waals surface area contributed by atoms with Gasteiger partial charge in [-0.15, -0.1) is 0 Å². The molecule has 68 heavy (non-hydrogen) atoms. The van der Waals surface area contributed by atoms with Gasteiger partial charge in [0.25, 0.3) is 0 Å². The third-order valence-electron chi connectivity index (χ3n) is 13.2. The molecule has 4 nitrogen and oxygen atoms in total. The Labute approximate surface area is 411 Å². The van der Waals surface area contributed by atoms with Gasteiger partial charge in [0.15, 0.2) is 0 Å². The normalized spacial score (nSPS) is 13.7. The average molecular weight is 897 g/mol. The Kier molecular flexibility index (Phi) is 10.5. The van der Waals surface area contributed by atoms with Crippen molar-refractivity contribution in [2.24, 2.45) is 0 Å². The number of hydrogen-bond donors (Lipinski definition) is 1. The van der Waals surface area contributed by atoms with Crippen molar-refractivity contribution in [2.75, 3.05) is 0 Å². The summed E-state index contributed by atoms with van der Waals surface area (Å²) >= 11 is 0. The standard InChI is InChI=1S/C64H65N3O/c1-39(2)47-35-53(40(3)4)61(68)56(36-47)62-66-60-52(48-32-49(34-51(33-48)64(10,11)12)57-37-46(29-30-65-57)43-23-21-41(5)22-24-43)19-16-20-58(60)67(62)59-38-54(44-17-14-13-15-18-44)42(6)31-55(59)45-25-27-50(28-26-45)63(7,8)9/h13-40,68H,1-12H3/i6D3,39D,40D. The minimum atomic E-state index is -2.48. The summed E-state index contributed by atoms with van der Waals surface area (Å²) in [6.07, 6.45) is 1.86. The van der Waals surface area contributed by atoms with Crippen LogP contribution in [0.3, 0.4) is 0 Å². The fourth-order valence-corrected chi connectivity index (χ4v) is 9.12. The summed E-state index contributed by atoms with van der Waals surface area (Å²) in [5.74, 6) is -2.09. The smallest absolute Gasteiger partial charge is 0.149 e. The topological polar surface area (TPSA) is 50.9 Å². The summed E-state index contributed by atoms with van der Waals surface area (Å²) in [6, 6.07) is 50.7. The highest BCUT2D eigenvalue weighted by molar-refractivity contribution is 5.98. The van der Waals surface area contributed by atoms with E-state index in [1.807, 2.05) is 71.4 Å². The SMILES string of the molecule is [2H]C([2H])([2H])c1cc(-c2ccc(C(C)(C)C)cc2)c(-n2c(-c3cc(C([2H])(C)C)cc(C([2H])(C)C)c3O)nc3c(-c4cc(-c5cc(-c6ccc(C)cc6)ccn5)cc(C(C)(C)C)c4)cccc32)cc1-c1ccccc1. The molecular formula is C64H65N3O. The van der Waals surface area contributed by atoms with E-state index in [2.05, 4.69) is 127 Å². The first-order chi connectivity index (χ1) is 34.2. The van der Waals surface area contributed by atoms with Gasteiger partial charge in [-0.3, -0.25) is 9.55 Å². The van der Waals surface area contributed by atoms with Crippen LogP contribution in [0.2, 0.25) is 0 Å². The van der Waals surface area contributed by atoms with Crippen molar-refractivity contribution < 1.29 is 12.0 Å². The van der Waals surface area contributed by atoms with Crippen LogP contribution in [-0.4, -0.2) is 19.6 Å². The van der Waals surface area contributed by atoms with Gasteiger partial charge < -0.3 is 5.11 Å². The van der Waals surface area contributed by atoms with Crippen LogP contribution in [-0.2, 0) is 10.8 Å². The number of nitrogens with zero attached hydrogens (tertiary/aromatic N) is 3. The molecule has 9 rings (SSSR count). The molecule has 0 aliphatic heterocycles. The van der Waals surface area contributed by atoms with Crippen LogP contribution in [0.4, 0.5) is 0 Å². The number of benzene rings is 7. The highest BCUT2D eigenvalue weighted by Gasteiger charge is 2.27. The van der Waals surface area contributed by atoms with E-state index in [-0.39, 0.29) is 22.1 Å². The molecule has 7 aromatic carbocycles. The van der Waals surface area contributed by atoms with Crippen LogP contribution in [0.25, 0.3) is 83.9 Å². The van der Waals surface area contributed by atoms with Crippen molar-refractivity contribution in [3.8, 4) is 78.6 Å². The molecule has 2 aromatic heterocycles. The Balaban J connectivity index is 1.42. The van der Waals surface area contributed by atoms with Crippen LogP contribution in [0, 0.1) is 13.8 Å². The van der Waals surface area contributed by atoms with Gasteiger partial charge in [-0.1, -0.05) is 178 Å². The second-order valence-electron chi connectivity index (χ2n) is 20.8. The minimum Gasteiger partial charge on any atom is -0.507 e. The van der Waals surface area contributed by atoms with Crippen molar-refractivity contribution in [3.05, 3.63) is 191 Å². The van der Waals surface area contributed by atoms with Gasteiger partial charge in [0, 0.05) is 29.7 Å². The van der Waals surface area contributed by atoms with Crippen LogP contribution < -0.4 is 0 Å². The predicted molar refractivity (Wildman–Crippen MR) is 288 cm³/mol. The van der Waals surface area contributed by atoms with E-state index >= 15 is 0 Å². The van der Waals surface area contributed by atoms with E-state index in [1.54, 1.807) is 39.8 Å². The molecule has 0 atom stereocenters. The number of pyridine rings is 1. The van der Waals surface area contributed by atoms with Crippen molar-refractivity contribution >= 4 is 11.0 Å². The first-order valence-corrected chi connectivity index (χ1v) is 23.6. The van der Waals surface area contributed by atoms with Gasteiger partial charge in [-0.05, 0) is 146 Å². The molecule has 0 radical (unpaired) electrons. The molecule has 0 amide bonds. The molecule has 0 aliphatic carbocycles. The lowest BCUT2D eigenvalue weighted by Crippen LogP contribution is -2.11. The maximum absolute atomic E-state index is 12.6. The quantitative estimate of drug-likeness (QED) is 0.157. The highest BCUT2D eigenvalue weighted by atomic mass is 16.3. The predicted octanol–water partition coefficient (Wildman–Crippen LogP) is 17.6. The molecule has 1 N–H and O–H groups in total. The number of aryl methyl sites for hydroxylation is 2. The van der Waals surface area contributed by atoms with Crippen molar-refractivity contribution in [2.45, 2.75) is 106 Å². The maximum atomic E-state index is 12.6. The van der Waals surface area contributed by atoms with Gasteiger partial charge in [-0.2, -0.15) is 0 Å². The third kappa shape index (κ3) is 8.93. The fraction of sp³-hybridized carbons (Fsp3) is 0.250. The molecule has 0 unspecified atom stereocenters. The number of imidazole rings is 1. The number of fused-ring (bicyclic) bond motifs is 1. The Bertz CT molecular complexity index is 3530. The summed E-state index contributed by atoms with van der Waals surface area (Å²) in [5.41, 5.74) is 15.0. The zero-order valence-electron chi connectivity index (χ0n) is 46.3. The molecule has 4 heteroatoms. The third-order valence-corrected chi connectivity index (χ3v) is 13.2. The highest BCUT2D eigenvalue weighted by Crippen LogP contribution is 2.46. The number of phenolic OH excluding ortho intramolecular Hbond substituents is 1. The van der Waals surface area contributed by atoms with Crippen LogP contribution in [0.15, 0.2) is 158 Å². The number of hydrogen-bond acceptors (Lipinski definition) is 3. The molecule has 0 saturated carbocycles. The lowest BCUT2D eigenvalue weighted by molar-refractivity contribution is 0.466. The molecule has 0 fully saturated rings. The number of rotatable bonds is 9. The summed E-state index contributed by atoms with van der Waals surface area (Å²) in [6.45, 7) is 19.8. The van der Waals surface area contributed by atoms with Crippen molar-refractivity contribution in [1.82, 2.24) is 14.5 Å². The van der Waals surface area contributed by atoms with E-state index in [4.69, 9.17) is 14.1 Å². The van der Waals surface area contributed by atoms with Gasteiger partial charge in [0.1, 0.15) is 11.6 Å². The Morgan fingerprint density at radius 1 is 0.559 bits per heavy atom. The average Bonchev–Trinajstić information content (AvgIpc) is 3.72. The Hall–Kier alpha value is -7.04. The zero-order chi connectivity index (χ0) is 52.6. The van der Waals surface area contributed by atoms with Gasteiger partial charge in [0.05, 0.1) is 28.0 Å². The molecule has 0 bridgehead atoms. The molecular weight excluding hydrogens is 827 g/mol. The first kappa shape index (κ1) is 40.1. The Morgan fingerprint density at radius 2 is 1.24 bits per heavy atom. The Morgan fingerprint density at radius 3 is 1.90 bits per heavy atom. The second kappa shape index (κ2) is 17.9. The van der Waals surface area contributed by atoms with Crippen molar-refractivity contribution in [3.63, 3.8) is 0 Å². The molecule has 0 saturated heterocycles. The number of para-hydroxylation sites is 1. The van der Waals surface area contributed by atoms with Crippen LogP contribution >= 0.6 is 0 Å². The van der Waals surface area contributed by atoms with Gasteiger partial charge in [0.2, 0.25) is 0 Å². The number of aromatic nitrogens is 3. The molecule has 0 aliphatic rings. The summed E-state index contributed by atoms with van der Waals surface area (Å²) in [5, 5.41) is 12.6. The zero-order valence-corrected chi connectivity index (χ0v) is 41.3. The molecule has 342 valence electrons. The van der Waals surface area contributed by atoms with Gasteiger partial charge in [-0.25, -0.2) is 4.98 Å². The molecule has 2 heterocycles. The summed E-state index contributed by atoms with van der Waals surface area (Å²) < 4.78 is 47.5. The maximum Gasteiger partial charge on any atom is 0.149 e. The van der Waals surface area contributed by atoms with E-state index in [1.165, 1.54) is 5.56 Å². The lowest BCUT2D eigenvalue weighted by Gasteiger charge is -2.22. The summed E-state index contributed by atoms with van der Waals surface area (Å²) in [4.78, 5) is 10.5. The van der Waals surface area contributed by atoms with Crippen LogP contribution in [0.5, 0.6) is 5.75 Å². The summed E-state index contributed by atoms with van der Waals surface area (Å²) in [7, 11) is 0. The molecule has 9 aromatic rings. The minimum absolute atomic E-state index is 0.110. The first-order valence-electron chi connectivity index (χ1n) is 26.1. The van der Waals surface area contributed by atoms with Gasteiger partial charge >= 0.3 is 0 Å². The van der Waals surface area contributed by atoms with E-state index in [0.29, 0.717) is 50.4 Å². The number of aromatic hydroxyl groups is 1. The fourth-order valence-electron chi connectivity index (χ4n) is 9.12. The van der Waals surface area contributed by atoms with E-state index < -0.39 is 18.6 Å². The monoisotopic (exact) mass is 897 g/mol. The van der Waals surface area contributed by atoms with Crippen LogP contribution in [0.1, 0.15) is 121 Å². The largest absolute Gasteiger partial charge is 0.507 e. The van der Waals surface area contributed by atoms with Crippen molar-refractivity contribution in [1.29, 1.82) is 0 Å². The molecule has 0 spiro atoms. The lowest BCUT2D eigenvalue weighted by atomic mass is 9.83. The van der Waals surface area contributed by atoms with E-state index in [0.717, 1.165) is 55.8 Å². The number of phenols is 1.